The third kappa shape index (κ3) is 69.0. The van der Waals surface area contributed by atoms with Crippen LogP contribution in [0, 0.1) is 11.8 Å². The zero-order valence-electron chi connectivity index (χ0n) is 59.8. The molecule has 0 aromatic heterocycles. The molecule has 2 N–H and O–H groups in total. The molecule has 0 rings (SSSR count). The lowest BCUT2D eigenvalue weighted by atomic mass is 9.91. The van der Waals surface area contributed by atoms with Crippen LogP contribution in [0.2, 0.25) is 0 Å². The average Bonchev–Trinajstić information content (AvgIpc) is 3.56. The molecule has 0 aromatic carbocycles. The number of carboxylic acid groups (broad SMARTS) is 1. The molecule has 0 heterocycles. The van der Waals surface area contributed by atoms with Gasteiger partial charge < -0.3 is 10.2 Å². The highest BCUT2D eigenvalue weighted by atomic mass is 16.4. The highest BCUT2D eigenvalue weighted by Crippen LogP contribution is 2.24. The second-order valence-corrected chi connectivity index (χ2v) is 29.0. The minimum atomic E-state index is -0.801. The van der Waals surface area contributed by atoms with E-state index in [1.807, 2.05) is 0 Å². The second-order valence-electron chi connectivity index (χ2n) is 29.0. The molecule has 4 nitrogen and oxygen atoms in total. The van der Waals surface area contributed by atoms with Crippen molar-refractivity contribution in [1.29, 1.82) is 0 Å². The van der Waals surface area contributed by atoms with Crippen molar-refractivity contribution in [2.24, 2.45) is 11.8 Å². The van der Waals surface area contributed by atoms with Crippen molar-refractivity contribution in [2.45, 2.75) is 502 Å². The van der Waals surface area contributed by atoms with E-state index in [4.69, 9.17) is 0 Å². The van der Waals surface area contributed by atoms with Gasteiger partial charge in [0.2, 0.25) is 0 Å². The maximum Gasteiger partial charge on any atom is 0.309 e. The highest BCUT2D eigenvalue weighted by molar-refractivity contribution is 5.80. The average molecular weight is 1210 g/mol. The first kappa shape index (κ1) is 85.1. The molecule has 0 aromatic rings. The Labute approximate surface area is 542 Å². The molecule has 86 heavy (non-hydrogen) atoms. The Kier molecular flexibility index (Phi) is 74.0. The summed E-state index contributed by atoms with van der Waals surface area (Å²) >= 11 is 0. The number of carboxylic acids is 1. The van der Waals surface area contributed by atoms with Gasteiger partial charge in [-0.05, 0) is 25.7 Å². The fourth-order valence-electron chi connectivity index (χ4n) is 14.0. The van der Waals surface area contributed by atoms with E-state index in [1.54, 1.807) is 0 Å². The van der Waals surface area contributed by atoms with Crippen molar-refractivity contribution in [3.8, 4) is 0 Å². The molecule has 0 radical (unpaired) electrons. The minimum Gasteiger partial charge on any atom is -0.481 e. The van der Waals surface area contributed by atoms with Gasteiger partial charge in [-0.1, -0.05) is 464 Å². The first-order valence-corrected chi connectivity index (χ1v) is 40.9. The summed E-state index contributed by atoms with van der Waals surface area (Å²) in [5, 5.41) is 20.5. The first-order chi connectivity index (χ1) is 42.4. The monoisotopic (exact) mass is 1210 g/mol. The molecular weight excluding hydrogens is 1050 g/mol. The van der Waals surface area contributed by atoms with E-state index in [0.29, 0.717) is 18.6 Å². The first-order valence-electron chi connectivity index (χ1n) is 40.9. The summed E-state index contributed by atoms with van der Waals surface area (Å²) in [6, 6.07) is 0. The number of aliphatic hydroxyl groups is 1. The summed E-state index contributed by atoms with van der Waals surface area (Å²) < 4.78 is 0. The van der Waals surface area contributed by atoms with Crippen LogP contribution < -0.4 is 0 Å². The molecule has 0 saturated heterocycles. The molecule has 0 saturated carbocycles. The predicted molar refractivity (Wildman–Crippen MR) is 384 cm³/mol. The fourth-order valence-corrected chi connectivity index (χ4v) is 14.0. The quantitative estimate of drug-likeness (QED) is 0.0595. The van der Waals surface area contributed by atoms with Gasteiger partial charge in [-0.3, -0.25) is 9.59 Å². The molecular formula is C82H162O4. The minimum absolute atomic E-state index is 0.282. The van der Waals surface area contributed by atoms with Crippen LogP contribution in [0.5, 0.6) is 0 Å². The molecule has 0 aliphatic rings. The SMILES string of the molecule is CCCCCCCCCCCCCCCCCCCCCCCCC(C(=O)O)C(O)CCCCCCCCCCCCCCCCCCCCCCCCCCCCCCCCCCCCC(=O)C(C)CCCCCCCCCCCCCCCC. The van der Waals surface area contributed by atoms with E-state index in [0.717, 1.165) is 44.9 Å². The Hall–Kier alpha value is -0.900. The van der Waals surface area contributed by atoms with Crippen molar-refractivity contribution >= 4 is 11.8 Å². The lowest BCUT2D eigenvalue weighted by Gasteiger charge is -2.19. The summed E-state index contributed by atoms with van der Waals surface area (Å²) in [7, 11) is 0. The van der Waals surface area contributed by atoms with Gasteiger partial charge in [0, 0.05) is 12.3 Å². The van der Waals surface area contributed by atoms with Gasteiger partial charge in [0.15, 0.2) is 0 Å². The summed E-state index contributed by atoms with van der Waals surface area (Å²) in [5.41, 5.74) is 0. The lowest BCUT2D eigenvalue weighted by molar-refractivity contribution is -0.146. The van der Waals surface area contributed by atoms with Crippen molar-refractivity contribution in [2.75, 3.05) is 0 Å². The molecule has 514 valence electrons. The van der Waals surface area contributed by atoms with Crippen LogP contribution in [-0.4, -0.2) is 28.1 Å². The van der Waals surface area contributed by atoms with Crippen LogP contribution in [0.15, 0.2) is 0 Å². The number of carbonyl (C=O) groups is 2. The zero-order valence-corrected chi connectivity index (χ0v) is 59.8. The van der Waals surface area contributed by atoms with Crippen molar-refractivity contribution in [1.82, 2.24) is 0 Å². The van der Waals surface area contributed by atoms with Crippen molar-refractivity contribution in [3.05, 3.63) is 0 Å². The van der Waals surface area contributed by atoms with Gasteiger partial charge in [0.1, 0.15) is 5.78 Å². The third-order valence-corrected chi connectivity index (χ3v) is 20.4. The van der Waals surface area contributed by atoms with Crippen molar-refractivity contribution < 1.29 is 19.8 Å². The molecule has 0 fully saturated rings. The largest absolute Gasteiger partial charge is 0.481 e. The molecule has 0 aliphatic carbocycles. The Morgan fingerprint density at radius 2 is 0.395 bits per heavy atom. The lowest BCUT2D eigenvalue weighted by Crippen LogP contribution is -2.28. The van der Waals surface area contributed by atoms with E-state index in [9.17, 15) is 19.8 Å². The molecule has 0 spiro atoms. The summed E-state index contributed by atoms with van der Waals surface area (Å²) in [5.74, 6) is -0.573. The summed E-state index contributed by atoms with van der Waals surface area (Å²) in [6.45, 7) is 6.78. The molecule has 3 unspecified atom stereocenters. The predicted octanol–water partition coefficient (Wildman–Crippen LogP) is 29.2. The number of hydrogen-bond acceptors (Lipinski definition) is 3. The Balaban J connectivity index is 3.34. The van der Waals surface area contributed by atoms with Gasteiger partial charge in [0.25, 0.3) is 0 Å². The third-order valence-electron chi connectivity index (χ3n) is 20.4. The van der Waals surface area contributed by atoms with E-state index in [2.05, 4.69) is 20.8 Å². The van der Waals surface area contributed by atoms with Gasteiger partial charge in [-0.15, -0.1) is 0 Å². The molecule has 4 heteroatoms. The number of hydrogen-bond donors (Lipinski definition) is 2. The highest BCUT2D eigenvalue weighted by Gasteiger charge is 2.25. The van der Waals surface area contributed by atoms with Crippen LogP contribution in [0.3, 0.4) is 0 Å². The second kappa shape index (κ2) is 74.8. The smallest absolute Gasteiger partial charge is 0.309 e. The number of aliphatic carboxylic acids is 1. The Bertz CT molecular complexity index is 1260. The molecule has 0 amide bonds. The van der Waals surface area contributed by atoms with Gasteiger partial charge in [0.05, 0.1) is 12.0 Å². The fraction of sp³-hybridized carbons (Fsp3) is 0.976. The van der Waals surface area contributed by atoms with Crippen LogP contribution in [0.25, 0.3) is 0 Å². The van der Waals surface area contributed by atoms with Crippen LogP contribution in [-0.2, 0) is 9.59 Å². The zero-order chi connectivity index (χ0) is 62.2. The number of unbranched alkanes of at least 4 members (excludes halogenated alkanes) is 67. The van der Waals surface area contributed by atoms with E-state index in [-0.39, 0.29) is 5.92 Å². The van der Waals surface area contributed by atoms with Crippen LogP contribution in [0.1, 0.15) is 496 Å². The van der Waals surface area contributed by atoms with E-state index in [1.165, 1.54) is 417 Å². The van der Waals surface area contributed by atoms with E-state index >= 15 is 0 Å². The van der Waals surface area contributed by atoms with Crippen LogP contribution >= 0.6 is 0 Å². The summed E-state index contributed by atoms with van der Waals surface area (Å²) in [6.07, 6.45) is 99.0. The number of ketones is 1. The maximum absolute atomic E-state index is 12.6. The number of carbonyl (C=O) groups excluding carboxylic acids is 1. The van der Waals surface area contributed by atoms with Gasteiger partial charge in [-0.25, -0.2) is 0 Å². The summed E-state index contributed by atoms with van der Waals surface area (Å²) in [4.78, 5) is 24.6. The van der Waals surface area contributed by atoms with Gasteiger partial charge in [-0.2, -0.15) is 0 Å². The molecule has 0 aliphatic heterocycles. The Morgan fingerprint density at radius 1 is 0.233 bits per heavy atom. The topological polar surface area (TPSA) is 74.6 Å². The molecule has 3 atom stereocenters. The Morgan fingerprint density at radius 3 is 0.593 bits per heavy atom. The number of aliphatic hydroxyl groups excluding tert-OH is 1. The number of Topliss-reactive ketones (excluding diaryl/α,β-unsaturated/α-hetero) is 1. The van der Waals surface area contributed by atoms with E-state index < -0.39 is 18.0 Å². The normalized spacial score (nSPS) is 12.8. The van der Waals surface area contributed by atoms with Crippen molar-refractivity contribution in [3.63, 3.8) is 0 Å². The molecule has 0 bridgehead atoms. The standard InChI is InChI=1S/C82H162O4/c1-4-6-8-10-12-14-16-18-20-21-22-23-38-41-44-47-51-55-59-63-67-71-75-79(82(85)86)81(84)77-73-69-65-61-57-53-49-46-43-40-37-35-33-31-29-27-25-24-26-28-30-32-34-36-39-42-45-48-52-56-60-64-68-72-76-80(83)78(3)74-70-66-62-58-54-50-19-17-15-13-11-9-7-5-2/h78-79,81,84H,4-77H2,1-3H3,(H,85,86). The number of rotatable bonds is 78. The van der Waals surface area contributed by atoms with Gasteiger partial charge >= 0.3 is 5.97 Å². The maximum atomic E-state index is 12.6. The van der Waals surface area contributed by atoms with Crippen LogP contribution in [0.4, 0.5) is 0 Å².